The second-order valence-electron chi connectivity index (χ2n) is 4.82. The number of nitro groups is 1. The number of nitrogens with one attached hydrogen (secondary N) is 1. The Morgan fingerprint density at radius 1 is 1.45 bits per heavy atom. The van der Waals surface area contributed by atoms with Gasteiger partial charge in [-0.15, -0.1) is 0 Å². The summed E-state index contributed by atoms with van der Waals surface area (Å²) >= 11 is 0. The van der Waals surface area contributed by atoms with Crippen molar-refractivity contribution in [3.05, 3.63) is 33.6 Å². The standard InChI is InChI=1S/C13H16FN3O3/c1-9-6-11(12(17(19)20)7-10(9)14)15-8-13(18)16-4-2-3-5-16/h6-7,15H,2-5,8H2,1H3. The van der Waals surface area contributed by atoms with Crippen LogP contribution in [0.15, 0.2) is 12.1 Å². The average molecular weight is 281 g/mol. The van der Waals surface area contributed by atoms with E-state index in [2.05, 4.69) is 5.32 Å². The first kappa shape index (κ1) is 14.2. The molecule has 7 heteroatoms. The van der Waals surface area contributed by atoms with Gasteiger partial charge < -0.3 is 10.2 Å². The fourth-order valence-electron chi connectivity index (χ4n) is 2.21. The van der Waals surface area contributed by atoms with Gasteiger partial charge in [-0.2, -0.15) is 0 Å². The van der Waals surface area contributed by atoms with Gasteiger partial charge in [0.25, 0.3) is 5.69 Å². The van der Waals surface area contributed by atoms with Gasteiger partial charge in [-0.1, -0.05) is 0 Å². The molecular weight excluding hydrogens is 265 g/mol. The first-order valence-corrected chi connectivity index (χ1v) is 6.45. The number of halogens is 1. The number of aryl methyl sites for hydroxylation is 1. The molecule has 1 aliphatic rings. The van der Waals surface area contributed by atoms with E-state index in [0.29, 0.717) is 5.56 Å². The molecule has 0 unspecified atom stereocenters. The molecule has 108 valence electrons. The van der Waals surface area contributed by atoms with Gasteiger partial charge in [0.2, 0.25) is 5.91 Å². The fraction of sp³-hybridized carbons (Fsp3) is 0.462. The lowest BCUT2D eigenvalue weighted by Crippen LogP contribution is -2.33. The van der Waals surface area contributed by atoms with Crippen LogP contribution in [0, 0.1) is 22.9 Å². The number of hydrogen-bond acceptors (Lipinski definition) is 4. The molecule has 0 bridgehead atoms. The maximum atomic E-state index is 13.4. The van der Waals surface area contributed by atoms with Gasteiger partial charge in [-0.25, -0.2) is 4.39 Å². The molecule has 1 fully saturated rings. The summed E-state index contributed by atoms with van der Waals surface area (Å²) in [6, 6.07) is 2.22. The van der Waals surface area contributed by atoms with Crippen molar-refractivity contribution in [1.82, 2.24) is 4.90 Å². The monoisotopic (exact) mass is 281 g/mol. The van der Waals surface area contributed by atoms with E-state index < -0.39 is 10.7 Å². The zero-order valence-corrected chi connectivity index (χ0v) is 11.2. The Morgan fingerprint density at radius 2 is 2.10 bits per heavy atom. The minimum absolute atomic E-state index is 0.0219. The van der Waals surface area contributed by atoms with Crippen LogP contribution in [0.1, 0.15) is 18.4 Å². The third kappa shape index (κ3) is 3.04. The van der Waals surface area contributed by atoms with Crippen LogP contribution in [-0.4, -0.2) is 35.4 Å². The molecule has 0 radical (unpaired) electrons. The second kappa shape index (κ2) is 5.85. The number of hydrogen-bond donors (Lipinski definition) is 1. The van der Waals surface area contributed by atoms with Crippen LogP contribution in [0.3, 0.4) is 0 Å². The summed E-state index contributed by atoms with van der Waals surface area (Å²) in [6.07, 6.45) is 1.98. The highest BCUT2D eigenvalue weighted by atomic mass is 19.1. The lowest BCUT2D eigenvalue weighted by atomic mass is 10.2. The van der Waals surface area contributed by atoms with Crippen LogP contribution in [0.4, 0.5) is 15.8 Å². The molecule has 2 rings (SSSR count). The Hall–Kier alpha value is -2.18. The third-order valence-corrected chi connectivity index (χ3v) is 3.36. The fourth-order valence-corrected chi connectivity index (χ4v) is 2.21. The Labute approximate surface area is 115 Å². The quantitative estimate of drug-likeness (QED) is 0.677. The SMILES string of the molecule is Cc1cc(NCC(=O)N2CCCC2)c([N+](=O)[O-])cc1F. The van der Waals surface area contributed by atoms with Crippen molar-refractivity contribution in [3.63, 3.8) is 0 Å². The van der Waals surface area contributed by atoms with Crippen molar-refractivity contribution < 1.29 is 14.1 Å². The number of amides is 1. The summed E-state index contributed by atoms with van der Waals surface area (Å²) in [5, 5.41) is 13.6. The zero-order valence-electron chi connectivity index (χ0n) is 11.2. The Balaban J connectivity index is 2.10. The molecule has 1 heterocycles. The highest BCUT2D eigenvalue weighted by molar-refractivity contribution is 5.82. The van der Waals surface area contributed by atoms with Crippen molar-refractivity contribution in [2.45, 2.75) is 19.8 Å². The molecule has 1 amide bonds. The molecule has 0 spiro atoms. The van der Waals surface area contributed by atoms with E-state index in [4.69, 9.17) is 0 Å². The number of carbonyl (C=O) groups excluding carboxylic acids is 1. The Morgan fingerprint density at radius 3 is 2.70 bits per heavy atom. The molecule has 0 aromatic heterocycles. The Bertz CT molecular complexity index is 542. The minimum Gasteiger partial charge on any atom is -0.371 e. The van der Waals surface area contributed by atoms with Crippen LogP contribution >= 0.6 is 0 Å². The van der Waals surface area contributed by atoms with Gasteiger partial charge in [-0.05, 0) is 31.4 Å². The number of carbonyl (C=O) groups is 1. The van der Waals surface area contributed by atoms with Gasteiger partial charge in [-0.3, -0.25) is 14.9 Å². The Kier molecular flexibility index (Phi) is 4.16. The molecule has 0 saturated carbocycles. The largest absolute Gasteiger partial charge is 0.371 e. The highest BCUT2D eigenvalue weighted by Gasteiger charge is 2.20. The average Bonchev–Trinajstić information content (AvgIpc) is 2.93. The molecule has 0 aliphatic carbocycles. The zero-order chi connectivity index (χ0) is 14.7. The summed E-state index contributed by atoms with van der Waals surface area (Å²) in [7, 11) is 0. The molecule has 1 saturated heterocycles. The van der Waals surface area contributed by atoms with Crippen LogP contribution < -0.4 is 5.32 Å². The normalized spacial score (nSPS) is 14.4. The number of benzene rings is 1. The van der Waals surface area contributed by atoms with E-state index in [9.17, 15) is 19.3 Å². The topological polar surface area (TPSA) is 75.5 Å². The maximum absolute atomic E-state index is 13.4. The lowest BCUT2D eigenvalue weighted by molar-refractivity contribution is -0.384. The van der Waals surface area contributed by atoms with Gasteiger partial charge in [0.1, 0.15) is 11.5 Å². The van der Waals surface area contributed by atoms with Gasteiger partial charge in [0.15, 0.2) is 0 Å². The minimum atomic E-state index is -0.662. The van der Waals surface area contributed by atoms with Crippen molar-refractivity contribution in [3.8, 4) is 0 Å². The van der Waals surface area contributed by atoms with Gasteiger partial charge in [0, 0.05) is 13.1 Å². The van der Waals surface area contributed by atoms with Crippen LogP contribution in [0.2, 0.25) is 0 Å². The van der Waals surface area contributed by atoms with Crippen LogP contribution in [0.25, 0.3) is 0 Å². The van der Waals surface area contributed by atoms with Crippen molar-refractivity contribution in [1.29, 1.82) is 0 Å². The molecule has 20 heavy (non-hydrogen) atoms. The predicted octanol–water partition coefficient (Wildman–Crippen LogP) is 2.08. The summed E-state index contributed by atoms with van der Waals surface area (Å²) < 4.78 is 13.4. The maximum Gasteiger partial charge on any atom is 0.295 e. The molecule has 0 atom stereocenters. The van der Waals surface area contributed by atoms with E-state index in [-0.39, 0.29) is 23.8 Å². The van der Waals surface area contributed by atoms with Crippen LogP contribution in [-0.2, 0) is 4.79 Å². The number of likely N-dealkylation sites (tertiary alicyclic amines) is 1. The van der Waals surface area contributed by atoms with Gasteiger partial charge in [0.05, 0.1) is 17.5 Å². The lowest BCUT2D eigenvalue weighted by Gasteiger charge is -2.16. The van der Waals surface area contributed by atoms with Gasteiger partial charge >= 0.3 is 0 Å². The first-order valence-electron chi connectivity index (χ1n) is 6.45. The summed E-state index contributed by atoms with van der Waals surface area (Å²) in [4.78, 5) is 23.8. The molecule has 1 aliphatic heterocycles. The highest BCUT2D eigenvalue weighted by Crippen LogP contribution is 2.27. The predicted molar refractivity (Wildman–Crippen MR) is 72.1 cm³/mol. The molecule has 1 N–H and O–H groups in total. The number of nitrogens with zero attached hydrogens (tertiary/aromatic N) is 2. The van der Waals surface area contributed by atoms with E-state index in [1.54, 1.807) is 4.90 Å². The molecule has 1 aromatic carbocycles. The van der Waals surface area contributed by atoms with E-state index in [0.717, 1.165) is 32.0 Å². The summed E-state index contributed by atoms with van der Waals surface area (Å²) in [5.74, 6) is -0.730. The van der Waals surface area contributed by atoms with Crippen molar-refractivity contribution >= 4 is 17.3 Å². The number of nitro benzene ring substituents is 1. The van der Waals surface area contributed by atoms with E-state index in [1.807, 2.05) is 0 Å². The molecule has 1 aromatic rings. The smallest absolute Gasteiger partial charge is 0.295 e. The van der Waals surface area contributed by atoms with E-state index >= 15 is 0 Å². The van der Waals surface area contributed by atoms with E-state index in [1.165, 1.54) is 13.0 Å². The molecule has 6 nitrogen and oxygen atoms in total. The second-order valence-corrected chi connectivity index (χ2v) is 4.82. The number of anilines is 1. The summed E-state index contributed by atoms with van der Waals surface area (Å²) in [6.45, 7) is 2.95. The van der Waals surface area contributed by atoms with Crippen molar-refractivity contribution in [2.75, 3.05) is 25.0 Å². The molecular formula is C13H16FN3O3. The third-order valence-electron chi connectivity index (χ3n) is 3.36. The summed E-state index contributed by atoms with van der Waals surface area (Å²) in [5.41, 5.74) is 0.107. The number of rotatable bonds is 4. The van der Waals surface area contributed by atoms with Crippen molar-refractivity contribution in [2.24, 2.45) is 0 Å². The first-order chi connectivity index (χ1) is 9.49. The van der Waals surface area contributed by atoms with Crippen LogP contribution in [0.5, 0.6) is 0 Å².